The molecule has 0 unspecified atom stereocenters. The molecule has 7 heteroatoms. The van der Waals surface area contributed by atoms with Gasteiger partial charge in [0.25, 0.3) is 0 Å². The number of benzene rings is 1. The van der Waals surface area contributed by atoms with Crippen LogP contribution in [0.1, 0.15) is 5.56 Å². The van der Waals surface area contributed by atoms with Gasteiger partial charge in [-0.3, -0.25) is 10.3 Å². The average Bonchev–Trinajstić information content (AvgIpc) is 2.29. The Labute approximate surface area is 109 Å². The van der Waals surface area contributed by atoms with Crippen LogP contribution in [0.4, 0.5) is 4.79 Å². The number of amides is 2. The highest BCUT2D eigenvalue weighted by atomic mass is 35.5. The van der Waals surface area contributed by atoms with Gasteiger partial charge in [-0.05, 0) is 17.7 Å². The number of nitrogens with two attached hydrogens (primary N) is 1. The largest absolute Gasteiger partial charge is 0.370 e. The van der Waals surface area contributed by atoms with E-state index in [1.807, 2.05) is 0 Å². The Balaban J connectivity index is 2.90. The molecule has 17 heavy (non-hydrogen) atoms. The molecular formula is C10H12Cl2N4O. The number of guanidine groups is 1. The summed E-state index contributed by atoms with van der Waals surface area (Å²) in [7, 11) is 1.47. The molecule has 0 aliphatic carbocycles. The first-order valence-corrected chi connectivity index (χ1v) is 5.48. The predicted octanol–water partition coefficient (Wildman–Crippen LogP) is 2.03. The number of carbonyl (C=O) groups is 1. The van der Waals surface area contributed by atoms with Gasteiger partial charge in [0, 0.05) is 7.05 Å². The molecule has 0 atom stereocenters. The summed E-state index contributed by atoms with van der Waals surface area (Å²) in [5, 5.41) is 10.5. The molecule has 1 rings (SSSR count). The summed E-state index contributed by atoms with van der Waals surface area (Å²) in [6.45, 7) is 0.159. The molecule has 0 aromatic heterocycles. The molecule has 5 nitrogen and oxygen atoms in total. The number of halogens is 2. The molecule has 0 aliphatic heterocycles. The van der Waals surface area contributed by atoms with E-state index in [0.717, 1.165) is 10.5 Å². The van der Waals surface area contributed by atoms with Crippen LogP contribution in [0.5, 0.6) is 0 Å². The first kappa shape index (κ1) is 13.6. The van der Waals surface area contributed by atoms with Crippen molar-refractivity contribution in [1.29, 1.82) is 5.41 Å². The van der Waals surface area contributed by atoms with E-state index in [0.29, 0.717) is 10.0 Å². The number of urea groups is 1. The van der Waals surface area contributed by atoms with Gasteiger partial charge >= 0.3 is 6.03 Å². The Morgan fingerprint density at radius 1 is 1.47 bits per heavy atom. The van der Waals surface area contributed by atoms with Gasteiger partial charge in [0.05, 0.1) is 16.6 Å². The first-order chi connectivity index (χ1) is 7.95. The van der Waals surface area contributed by atoms with Gasteiger partial charge in [-0.25, -0.2) is 4.79 Å². The number of nitrogens with zero attached hydrogens (tertiary/aromatic N) is 1. The van der Waals surface area contributed by atoms with Gasteiger partial charge in [0.2, 0.25) is 0 Å². The average molecular weight is 275 g/mol. The molecule has 0 radical (unpaired) electrons. The molecular weight excluding hydrogens is 263 g/mol. The van der Waals surface area contributed by atoms with E-state index in [2.05, 4.69) is 5.32 Å². The summed E-state index contributed by atoms with van der Waals surface area (Å²) >= 11 is 11.6. The van der Waals surface area contributed by atoms with Crippen molar-refractivity contribution >= 4 is 35.2 Å². The van der Waals surface area contributed by atoms with Crippen LogP contribution in [0.15, 0.2) is 18.2 Å². The summed E-state index contributed by atoms with van der Waals surface area (Å²) in [6.07, 6.45) is 0. The predicted molar refractivity (Wildman–Crippen MR) is 68.4 cm³/mol. The van der Waals surface area contributed by atoms with Crippen LogP contribution in [0.3, 0.4) is 0 Å². The van der Waals surface area contributed by atoms with Crippen molar-refractivity contribution in [3.8, 4) is 0 Å². The Bertz CT molecular complexity index is 450. The van der Waals surface area contributed by atoms with E-state index in [9.17, 15) is 4.79 Å². The van der Waals surface area contributed by atoms with E-state index in [4.69, 9.17) is 34.3 Å². The van der Waals surface area contributed by atoms with Gasteiger partial charge in [0.15, 0.2) is 5.96 Å². The zero-order valence-corrected chi connectivity index (χ0v) is 10.6. The first-order valence-electron chi connectivity index (χ1n) is 4.73. The molecule has 4 N–H and O–H groups in total. The smallest absolute Gasteiger partial charge is 0.324 e. The van der Waals surface area contributed by atoms with Crippen LogP contribution in [-0.4, -0.2) is 23.9 Å². The number of hydrogen-bond donors (Lipinski definition) is 3. The van der Waals surface area contributed by atoms with Gasteiger partial charge in [-0.2, -0.15) is 0 Å². The minimum Gasteiger partial charge on any atom is -0.370 e. The number of nitrogens with one attached hydrogen (secondary N) is 2. The van der Waals surface area contributed by atoms with Crippen LogP contribution in [-0.2, 0) is 6.54 Å². The highest BCUT2D eigenvalue weighted by molar-refractivity contribution is 6.42. The van der Waals surface area contributed by atoms with Crippen molar-refractivity contribution in [3.05, 3.63) is 33.8 Å². The Morgan fingerprint density at radius 3 is 2.59 bits per heavy atom. The van der Waals surface area contributed by atoms with Gasteiger partial charge < -0.3 is 11.1 Å². The van der Waals surface area contributed by atoms with E-state index >= 15 is 0 Å². The molecule has 92 valence electrons. The summed E-state index contributed by atoms with van der Waals surface area (Å²) in [5.41, 5.74) is 6.05. The molecule has 0 aliphatic rings. The summed E-state index contributed by atoms with van der Waals surface area (Å²) < 4.78 is 0. The molecule has 0 saturated carbocycles. The topological polar surface area (TPSA) is 82.2 Å². The molecule has 0 heterocycles. The summed E-state index contributed by atoms with van der Waals surface area (Å²) in [5.74, 6) is -0.338. The van der Waals surface area contributed by atoms with E-state index in [-0.39, 0.29) is 12.5 Å². The molecule has 0 fully saturated rings. The fraction of sp³-hybridized carbons (Fsp3) is 0.200. The summed E-state index contributed by atoms with van der Waals surface area (Å²) in [6, 6.07) is 4.51. The van der Waals surface area contributed by atoms with Crippen LogP contribution < -0.4 is 11.1 Å². The van der Waals surface area contributed by atoms with Gasteiger partial charge in [0.1, 0.15) is 0 Å². The maximum Gasteiger partial charge on any atom is 0.324 e. The van der Waals surface area contributed by atoms with Crippen LogP contribution in [0.25, 0.3) is 0 Å². The van der Waals surface area contributed by atoms with E-state index in [1.54, 1.807) is 18.2 Å². The minimum absolute atomic E-state index is 0.159. The highest BCUT2D eigenvalue weighted by Gasteiger charge is 2.15. The van der Waals surface area contributed by atoms with Crippen LogP contribution in [0, 0.1) is 5.41 Å². The lowest BCUT2D eigenvalue weighted by atomic mass is 10.2. The van der Waals surface area contributed by atoms with Crippen molar-refractivity contribution in [2.45, 2.75) is 6.54 Å². The molecule has 0 spiro atoms. The zero-order chi connectivity index (χ0) is 13.0. The van der Waals surface area contributed by atoms with Gasteiger partial charge in [-0.15, -0.1) is 0 Å². The Morgan fingerprint density at radius 2 is 2.12 bits per heavy atom. The molecule has 1 aromatic rings. The third-order valence-electron chi connectivity index (χ3n) is 2.07. The monoisotopic (exact) mass is 274 g/mol. The second kappa shape index (κ2) is 5.75. The fourth-order valence-corrected chi connectivity index (χ4v) is 1.54. The van der Waals surface area contributed by atoms with E-state index < -0.39 is 6.03 Å². The third kappa shape index (κ3) is 3.51. The van der Waals surface area contributed by atoms with Crippen LogP contribution in [0.2, 0.25) is 10.0 Å². The quantitative estimate of drug-likeness (QED) is 0.570. The van der Waals surface area contributed by atoms with Gasteiger partial charge in [-0.1, -0.05) is 29.3 Å². The second-order valence-corrected chi connectivity index (χ2v) is 4.09. The maximum absolute atomic E-state index is 11.4. The normalized spacial score (nSPS) is 9.82. The van der Waals surface area contributed by atoms with Crippen molar-refractivity contribution < 1.29 is 4.79 Å². The molecule has 0 saturated heterocycles. The standard InChI is InChI=1S/C10H12Cl2N4O/c1-15-10(17)16(9(13)14)5-6-2-3-7(11)8(12)4-6/h2-4H,5H2,1H3,(H3,13,14)(H,15,17). The van der Waals surface area contributed by atoms with Crippen molar-refractivity contribution in [2.75, 3.05) is 7.05 Å². The number of rotatable bonds is 2. The SMILES string of the molecule is CNC(=O)N(Cc1ccc(Cl)c(Cl)c1)C(=N)N. The highest BCUT2D eigenvalue weighted by Crippen LogP contribution is 2.23. The maximum atomic E-state index is 11.4. The van der Waals surface area contributed by atoms with Crippen molar-refractivity contribution in [2.24, 2.45) is 5.73 Å². The van der Waals surface area contributed by atoms with Crippen molar-refractivity contribution in [1.82, 2.24) is 10.2 Å². The number of hydrogen-bond acceptors (Lipinski definition) is 2. The molecule has 1 aromatic carbocycles. The zero-order valence-electron chi connectivity index (χ0n) is 9.13. The Hall–Kier alpha value is -1.46. The number of carbonyl (C=O) groups excluding carboxylic acids is 1. The Kier molecular flexibility index (Phi) is 4.60. The lowest BCUT2D eigenvalue weighted by molar-refractivity contribution is 0.221. The lowest BCUT2D eigenvalue weighted by Gasteiger charge is -2.20. The lowest BCUT2D eigenvalue weighted by Crippen LogP contribution is -2.45. The minimum atomic E-state index is -0.455. The fourth-order valence-electron chi connectivity index (χ4n) is 1.22. The van der Waals surface area contributed by atoms with E-state index in [1.165, 1.54) is 7.05 Å². The summed E-state index contributed by atoms with van der Waals surface area (Å²) in [4.78, 5) is 12.5. The molecule has 2 amide bonds. The third-order valence-corrected chi connectivity index (χ3v) is 2.81. The van der Waals surface area contributed by atoms with Crippen molar-refractivity contribution in [3.63, 3.8) is 0 Å². The second-order valence-electron chi connectivity index (χ2n) is 3.27. The molecule has 0 bridgehead atoms. The van der Waals surface area contributed by atoms with Crippen LogP contribution >= 0.6 is 23.2 Å².